The molecule has 0 saturated heterocycles. The van der Waals surface area contributed by atoms with E-state index in [1.54, 1.807) is 0 Å². The minimum absolute atomic E-state index is 0.0483. The van der Waals surface area contributed by atoms with Crippen LogP contribution in [0.5, 0.6) is 5.75 Å². The van der Waals surface area contributed by atoms with Crippen LogP contribution in [0.2, 0.25) is 0 Å². The lowest BCUT2D eigenvalue weighted by Crippen LogP contribution is -2.43. The molecule has 0 aliphatic carbocycles. The Hall–Kier alpha value is -2.94. The molecule has 1 aromatic carbocycles. The van der Waals surface area contributed by atoms with Gasteiger partial charge in [0.1, 0.15) is 5.75 Å². The number of aliphatic carboxylic acids is 2. The third-order valence-electron chi connectivity index (χ3n) is 2.68. The van der Waals surface area contributed by atoms with Gasteiger partial charge < -0.3 is 25.4 Å². The van der Waals surface area contributed by atoms with E-state index in [4.69, 9.17) is 14.9 Å². The lowest BCUT2D eigenvalue weighted by atomic mass is 9.96. The number of carbonyl (C=O) groups is 4. The maximum Gasteiger partial charge on any atom is 0.336 e. The summed E-state index contributed by atoms with van der Waals surface area (Å²) in [6.45, 7) is 1.32. The van der Waals surface area contributed by atoms with Gasteiger partial charge in [0, 0.05) is 12.6 Å². The van der Waals surface area contributed by atoms with Crippen molar-refractivity contribution in [3.8, 4) is 5.75 Å². The molecule has 0 bridgehead atoms. The molecule has 0 radical (unpaired) electrons. The Bertz CT molecular complexity index is 624. The number of benzene rings is 1. The number of carbonyl (C=O) groups excluding carboxylic acids is 2. The van der Waals surface area contributed by atoms with E-state index in [0.29, 0.717) is 5.69 Å². The van der Waals surface area contributed by atoms with E-state index in [0.717, 1.165) is 0 Å². The molecule has 1 aromatic rings. The summed E-state index contributed by atoms with van der Waals surface area (Å²) >= 11 is 0. The number of hydrogen-bond acceptors (Lipinski definition) is 6. The maximum atomic E-state index is 11.7. The summed E-state index contributed by atoms with van der Waals surface area (Å²) in [7, 11) is 0. The lowest BCUT2D eigenvalue weighted by Gasteiger charge is -2.20. The van der Waals surface area contributed by atoms with E-state index in [1.807, 2.05) is 0 Å². The van der Waals surface area contributed by atoms with E-state index in [-0.39, 0.29) is 11.7 Å². The standard InChI is InChI=1S/C14H15NO8/c1-8(16)15-9-2-4-10(5-3-9)23-12(19)7-14(22,13(20)21)6-11(17)18/h2-5,22H,6-7H2,1H3,(H,15,16)(H,17,18)(H,20,21). The molecule has 0 aliphatic heterocycles. The van der Waals surface area contributed by atoms with Gasteiger partial charge in [-0.1, -0.05) is 0 Å². The van der Waals surface area contributed by atoms with Crippen LogP contribution in [0.25, 0.3) is 0 Å². The van der Waals surface area contributed by atoms with Crippen molar-refractivity contribution in [1.82, 2.24) is 0 Å². The average Bonchev–Trinajstić information content (AvgIpc) is 2.39. The van der Waals surface area contributed by atoms with Gasteiger partial charge >= 0.3 is 17.9 Å². The molecular formula is C14H15NO8. The Morgan fingerprint density at radius 2 is 1.65 bits per heavy atom. The number of carboxylic acid groups (broad SMARTS) is 2. The SMILES string of the molecule is CC(=O)Nc1ccc(OC(=O)CC(O)(CC(=O)O)C(=O)O)cc1. The van der Waals surface area contributed by atoms with Crippen LogP contribution in [0.15, 0.2) is 24.3 Å². The van der Waals surface area contributed by atoms with Gasteiger partial charge in [-0.15, -0.1) is 0 Å². The summed E-state index contributed by atoms with van der Waals surface area (Å²) in [6, 6.07) is 5.59. The number of carboxylic acids is 2. The first-order chi connectivity index (χ1) is 10.6. The Kier molecular flexibility index (Phi) is 5.80. The smallest absolute Gasteiger partial charge is 0.336 e. The highest BCUT2D eigenvalue weighted by atomic mass is 16.5. The summed E-state index contributed by atoms with van der Waals surface area (Å²) < 4.78 is 4.83. The number of nitrogens with one attached hydrogen (secondary N) is 1. The lowest BCUT2D eigenvalue weighted by molar-refractivity contribution is -0.169. The zero-order valence-electron chi connectivity index (χ0n) is 12.1. The molecule has 1 atom stereocenters. The van der Waals surface area contributed by atoms with Gasteiger partial charge in [0.2, 0.25) is 5.91 Å². The number of esters is 1. The number of aliphatic hydroxyl groups is 1. The molecule has 1 amide bonds. The first kappa shape index (κ1) is 18.1. The van der Waals surface area contributed by atoms with Gasteiger partial charge in [-0.05, 0) is 24.3 Å². The molecule has 0 aromatic heterocycles. The highest BCUT2D eigenvalue weighted by Gasteiger charge is 2.41. The Balaban J connectivity index is 2.73. The largest absolute Gasteiger partial charge is 0.481 e. The molecule has 0 heterocycles. The van der Waals surface area contributed by atoms with Gasteiger partial charge in [-0.2, -0.15) is 0 Å². The average molecular weight is 325 g/mol. The van der Waals surface area contributed by atoms with Gasteiger partial charge in [0.15, 0.2) is 5.60 Å². The van der Waals surface area contributed by atoms with Crippen molar-refractivity contribution in [3.63, 3.8) is 0 Å². The van der Waals surface area contributed by atoms with E-state index < -0.39 is 36.4 Å². The number of amides is 1. The Labute approximate surface area is 130 Å². The van der Waals surface area contributed by atoms with E-state index in [1.165, 1.54) is 31.2 Å². The van der Waals surface area contributed by atoms with Crippen LogP contribution in [0.4, 0.5) is 5.69 Å². The molecule has 124 valence electrons. The van der Waals surface area contributed by atoms with Crippen LogP contribution in [0.1, 0.15) is 19.8 Å². The van der Waals surface area contributed by atoms with Crippen LogP contribution in [-0.2, 0) is 19.2 Å². The van der Waals surface area contributed by atoms with Crippen LogP contribution in [-0.4, -0.2) is 44.7 Å². The van der Waals surface area contributed by atoms with Gasteiger partial charge in [-0.25, -0.2) is 4.79 Å². The van der Waals surface area contributed by atoms with E-state index in [9.17, 15) is 24.3 Å². The third kappa shape index (κ3) is 5.75. The molecule has 0 fully saturated rings. The van der Waals surface area contributed by atoms with Crippen molar-refractivity contribution in [3.05, 3.63) is 24.3 Å². The summed E-state index contributed by atoms with van der Waals surface area (Å²) in [5, 5.41) is 29.7. The fraction of sp³-hybridized carbons (Fsp3) is 0.286. The molecular weight excluding hydrogens is 310 g/mol. The summed E-state index contributed by atoms with van der Waals surface area (Å²) in [6.07, 6.45) is -2.17. The second-order valence-electron chi connectivity index (χ2n) is 4.76. The molecule has 0 saturated carbocycles. The van der Waals surface area contributed by atoms with E-state index >= 15 is 0 Å². The Morgan fingerprint density at radius 3 is 2.09 bits per heavy atom. The van der Waals surface area contributed by atoms with Crippen molar-refractivity contribution in [2.24, 2.45) is 0 Å². The quantitative estimate of drug-likeness (QED) is 0.411. The second kappa shape index (κ2) is 7.36. The zero-order chi connectivity index (χ0) is 17.6. The molecule has 1 unspecified atom stereocenters. The minimum atomic E-state index is -2.75. The summed E-state index contributed by atoms with van der Waals surface area (Å²) in [4.78, 5) is 44.0. The van der Waals surface area contributed by atoms with E-state index in [2.05, 4.69) is 5.32 Å². The molecule has 0 spiro atoms. The number of ether oxygens (including phenoxy) is 1. The van der Waals surface area contributed by atoms with Gasteiger partial charge in [-0.3, -0.25) is 14.4 Å². The first-order valence-corrected chi connectivity index (χ1v) is 6.38. The summed E-state index contributed by atoms with van der Waals surface area (Å²) in [5.41, 5.74) is -2.29. The molecule has 4 N–H and O–H groups in total. The van der Waals surface area contributed by atoms with Gasteiger partial charge in [0.05, 0.1) is 12.8 Å². The van der Waals surface area contributed by atoms with Crippen LogP contribution in [0, 0.1) is 0 Å². The topological polar surface area (TPSA) is 150 Å². The van der Waals surface area contributed by atoms with Crippen LogP contribution in [0.3, 0.4) is 0 Å². The van der Waals surface area contributed by atoms with Crippen molar-refractivity contribution in [2.75, 3.05) is 5.32 Å². The maximum absolute atomic E-state index is 11.7. The molecule has 1 rings (SSSR count). The number of rotatable bonds is 7. The monoisotopic (exact) mass is 325 g/mol. The number of hydrogen-bond donors (Lipinski definition) is 4. The molecule has 23 heavy (non-hydrogen) atoms. The fourth-order valence-electron chi connectivity index (χ4n) is 1.68. The van der Waals surface area contributed by atoms with Crippen molar-refractivity contribution < 1.29 is 39.2 Å². The predicted molar refractivity (Wildman–Crippen MR) is 75.8 cm³/mol. The van der Waals surface area contributed by atoms with Crippen LogP contribution < -0.4 is 10.1 Å². The van der Waals surface area contributed by atoms with Crippen LogP contribution >= 0.6 is 0 Å². The van der Waals surface area contributed by atoms with Crippen molar-refractivity contribution >= 4 is 29.5 Å². The fourth-order valence-corrected chi connectivity index (χ4v) is 1.68. The van der Waals surface area contributed by atoms with Gasteiger partial charge in [0.25, 0.3) is 0 Å². The first-order valence-electron chi connectivity index (χ1n) is 6.38. The Morgan fingerprint density at radius 1 is 1.09 bits per heavy atom. The van der Waals surface area contributed by atoms with Crippen molar-refractivity contribution in [1.29, 1.82) is 0 Å². The predicted octanol–water partition coefficient (Wildman–Crippen LogP) is 0.231. The molecule has 9 nitrogen and oxygen atoms in total. The highest BCUT2D eigenvalue weighted by Crippen LogP contribution is 2.20. The molecule has 9 heteroatoms. The minimum Gasteiger partial charge on any atom is -0.481 e. The second-order valence-corrected chi connectivity index (χ2v) is 4.76. The third-order valence-corrected chi connectivity index (χ3v) is 2.68. The molecule has 0 aliphatic rings. The normalized spacial score (nSPS) is 12.8. The number of anilines is 1. The highest BCUT2D eigenvalue weighted by molar-refractivity contribution is 5.90. The van der Waals surface area contributed by atoms with Crippen molar-refractivity contribution in [2.45, 2.75) is 25.4 Å². The summed E-state index contributed by atoms with van der Waals surface area (Å²) in [5.74, 6) is -4.74. The zero-order valence-corrected chi connectivity index (χ0v) is 12.1.